The first-order chi connectivity index (χ1) is 16.4. The van der Waals surface area contributed by atoms with Gasteiger partial charge in [0.1, 0.15) is 5.69 Å². The molecule has 0 radical (unpaired) electrons. The Morgan fingerprint density at radius 2 is 1.57 bits per heavy atom. The van der Waals surface area contributed by atoms with Crippen molar-refractivity contribution >= 4 is 11.6 Å². The van der Waals surface area contributed by atoms with Crippen LogP contribution < -0.4 is 4.90 Å². The van der Waals surface area contributed by atoms with Gasteiger partial charge in [0, 0.05) is 22.4 Å². The molecular formula is C27H23F5N2O. The van der Waals surface area contributed by atoms with Gasteiger partial charge in [-0.3, -0.25) is 9.69 Å². The summed E-state index contributed by atoms with van der Waals surface area (Å²) in [6.07, 6.45) is -2.83. The van der Waals surface area contributed by atoms with Crippen LogP contribution in [0.4, 0.5) is 27.6 Å². The molecule has 0 fully saturated rings. The minimum atomic E-state index is -4.59. The topological polar surface area (TPSA) is 33.2 Å². The summed E-state index contributed by atoms with van der Waals surface area (Å²) in [5.41, 5.74) is 0.554. The van der Waals surface area contributed by atoms with E-state index in [4.69, 9.17) is 0 Å². The van der Waals surface area contributed by atoms with Crippen LogP contribution in [0.2, 0.25) is 0 Å². The molecule has 0 saturated heterocycles. The molecule has 4 rings (SSSR count). The van der Waals surface area contributed by atoms with E-state index in [2.05, 4.69) is 4.98 Å². The quantitative estimate of drug-likeness (QED) is 0.362. The molecule has 1 amide bonds. The summed E-state index contributed by atoms with van der Waals surface area (Å²) in [7, 11) is 0. The molecule has 35 heavy (non-hydrogen) atoms. The molecule has 182 valence electrons. The molecule has 2 heterocycles. The van der Waals surface area contributed by atoms with Gasteiger partial charge in [-0.25, -0.2) is 13.8 Å². The van der Waals surface area contributed by atoms with E-state index < -0.39 is 35.0 Å². The third-order valence-electron chi connectivity index (χ3n) is 6.09. The minimum Gasteiger partial charge on any atom is -0.298 e. The molecule has 0 bridgehead atoms. The zero-order valence-corrected chi connectivity index (χ0v) is 19.3. The molecule has 1 unspecified atom stereocenters. The van der Waals surface area contributed by atoms with Crippen molar-refractivity contribution < 1.29 is 26.7 Å². The third kappa shape index (κ3) is 4.97. The third-order valence-corrected chi connectivity index (χ3v) is 6.09. The van der Waals surface area contributed by atoms with E-state index in [1.165, 1.54) is 23.1 Å². The van der Waals surface area contributed by atoms with E-state index in [0.717, 1.165) is 23.8 Å². The Hall–Kier alpha value is -3.55. The Kier molecular flexibility index (Phi) is 6.25. The van der Waals surface area contributed by atoms with Crippen molar-refractivity contribution in [3.8, 4) is 0 Å². The predicted octanol–water partition coefficient (Wildman–Crippen LogP) is 7.07. The fourth-order valence-electron chi connectivity index (χ4n) is 4.21. The first kappa shape index (κ1) is 24.6. The van der Waals surface area contributed by atoms with E-state index in [1.54, 1.807) is 32.1 Å². The number of nitrogens with zero attached hydrogens (tertiary/aromatic N) is 2. The number of amides is 1. The normalized spacial score (nSPS) is 16.6. The van der Waals surface area contributed by atoms with Gasteiger partial charge < -0.3 is 0 Å². The Bertz CT molecular complexity index is 1300. The van der Waals surface area contributed by atoms with Gasteiger partial charge in [0.25, 0.3) is 5.91 Å². The summed E-state index contributed by atoms with van der Waals surface area (Å²) < 4.78 is 67.2. The molecule has 2 aromatic carbocycles. The average molecular weight is 486 g/mol. The van der Waals surface area contributed by atoms with E-state index >= 15 is 0 Å². The predicted molar refractivity (Wildman–Crippen MR) is 123 cm³/mol. The van der Waals surface area contributed by atoms with Gasteiger partial charge in [-0.2, -0.15) is 13.2 Å². The Balaban J connectivity index is 1.73. The van der Waals surface area contributed by atoms with Crippen LogP contribution in [0.15, 0.2) is 72.3 Å². The molecule has 1 aromatic heterocycles. The fraction of sp³-hybridized carbons (Fsp3) is 0.259. The molecule has 1 aliphatic rings. The lowest BCUT2D eigenvalue weighted by atomic mass is 9.81. The molecule has 1 aliphatic heterocycles. The van der Waals surface area contributed by atoms with E-state index in [1.807, 2.05) is 19.1 Å². The van der Waals surface area contributed by atoms with Gasteiger partial charge >= 0.3 is 6.18 Å². The van der Waals surface area contributed by atoms with Gasteiger partial charge in [0.2, 0.25) is 0 Å². The summed E-state index contributed by atoms with van der Waals surface area (Å²) >= 11 is 0. The van der Waals surface area contributed by atoms with Crippen LogP contribution in [0.3, 0.4) is 0 Å². The lowest BCUT2D eigenvalue weighted by Gasteiger charge is -2.27. The second-order valence-electron chi connectivity index (χ2n) is 9.29. The van der Waals surface area contributed by atoms with Crippen LogP contribution in [-0.2, 0) is 16.4 Å². The van der Waals surface area contributed by atoms with Gasteiger partial charge in [-0.15, -0.1) is 0 Å². The highest BCUT2D eigenvalue weighted by molar-refractivity contribution is 6.09. The standard InChI is InChI=1S/C27H23F5N2O/c1-16-7-10-19(11-8-16)34-22(17-9-12-20(28)21(29)13-17)14-18(25(34)35)15-26(2,3)23-5-4-6-24(33-23)27(30,31)32/h4-14,22H,15H2,1-3H3. The van der Waals surface area contributed by atoms with E-state index in [0.29, 0.717) is 16.8 Å². The number of carbonyl (C=O) groups is 1. The zero-order chi connectivity index (χ0) is 25.5. The van der Waals surface area contributed by atoms with Crippen LogP contribution in [0.1, 0.15) is 48.8 Å². The summed E-state index contributed by atoms with van der Waals surface area (Å²) in [6, 6.07) is 13.6. The molecule has 1 atom stereocenters. The van der Waals surface area contributed by atoms with Crippen LogP contribution in [0.25, 0.3) is 0 Å². The van der Waals surface area contributed by atoms with Crippen molar-refractivity contribution in [1.29, 1.82) is 0 Å². The van der Waals surface area contributed by atoms with Gasteiger partial charge in [0.05, 0.1) is 6.04 Å². The number of pyridine rings is 1. The molecule has 8 heteroatoms. The number of anilines is 1. The maximum Gasteiger partial charge on any atom is 0.433 e. The molecule has 0 saturated carbocycles. The van der Waals surface area contributed by atoms with Crippen LogP contribution in [0.5, 0.6) is 0 Å². The van der Waals surface area contributed by atoms with Crippen molar-refractivity contribution in [2.75, 3.05) is 4.90 Å². The van der Waals surface area contributed by atoms with Crippen LogP contribution in [0, 0.1) is 18.6 Å². The largest absolute Gasteiger partial charge is 0.433 e. The minimum absolute atomic E-state index is 0.0999. The number of halogens is 5. The van der Waals surface area contributed by atoms with Crippen molar-refractivity contribution in [2.45, 2.75) is 44.8 Å². The highest BCUT2D eigenvalue weighted by Crippen LogP contribution is 2.41. The molecule has 0 aliphatic carbocycles. The number of aryl methyl sites for hydroxylation is 1. The van der Waals surface area contributed by atoms with Crippen molar-refractivity contribution in [1.82, 2.24) is 4.98 Å². The van der Waals surface area contributed by atoms with Crippen LogP contribution >= 0.6 is 0 Å². The fourth-order valence-corrected chi connectivity index (χ4v) is 4.21. The van der Waals surface area contributed by atoms with Crippen molar-refractivity contribution in [3.05, 3.63) is 106 Å². The average Bonchev–Trinajstić information content (AvgIpc) is 3.11. The highest BCUT2D eigenvalue weighted by Gasteiger charge is 2.39. The lowest BCUT2D eigenvalue weighted by molar-refractivity contribution is -0.141. The van der Waals surface area contributed by atoms with Crippen molar-refractivity contribution in [3.63, 3.8) is 0 Å². The number of rotatable bonds is 5. The molecule has 3 nitrogen and oxygen atoms in total. The highest BCUT2D eigenvalue weighted by atomic mass is 19.4. The number of aromatic nitrogens is 1. The molecule has 0 N–H and O–H groups in total. The Morgan fingerprint density at radius 3 is 2.20 bits per heavy atom. The first-order valence-corrected chi connectivity index (χ1v) is 11.0. The van der Waals surface area contributed by atoms with Gasteiger partial charge in [-0.1, -0.05) is 43.7 Å². The molecule has 0 spiro atoms. The molecular weight excluding hydrogens is 463 g/mol. The van der Waals surface area contributed by atoms with Gasteiger partial charge in [-0.05, 0) is 61.4 Å². The van der Waals surface area contributed by atoms with Crippen LogP contribution in [-0.4, -0.2) is 10.9 Å². The zero-order valence-electron chi connectivity index (χ0n) is 19.3. The second kappa shape index (κ2) is 8.91. The monoisotopic (exact) mass is 486 g/mol. The van der Waals surface area contributed by atoms with E-state index in [-0.39, 0.29) is 18.0 Å². The maximum atomic E-state index is 14.0. The second-order valence-corrected chi connectivity index (χ2v) is 9.29. The van der Waals surface area contributed by atoms with Gasteiger partial charge in [0.15, 0.2) is 11.6 Å². The summed E-state index contributed by atoms with van der Waals surface area (Å²) in [4.78, 5) is 18.8. The molecule has 3 aromatic rings. The number of hydrogen-bond donors (Lipinski definition) is 0. The summed E-state index contributed by atoms with van der Waals surface area (Å²) in [5.74, 6) is -2.39. The number of benzene rings is 2. The lowest BCUT2D eigenvalue weighted by Crippen LogP contribution is -2.31. The summed E-state index contributed by atoms with van der Waals surface area (Å²) in [5, 5.41) is 0. The number of alkyl halides is 3. The SMILES string of the molecule is Cc1ccc(N2C(=O)C(CC(C)(C)c3cccc(C(F)(F)F)n3)=CC2c2ccc(F)c(F)c2)cc1. The smallest absolute Gasteiger partial charge is 0.298 e. The van der Waals surface area contributed by atoms with Crippen molar-refractivity contribution in [2.24, 2.45) is 0 Å². The Morgan fingerprint density at radius 1 is 0.914 bits per heavy atom. The summed E-state index contributed by atoms with van der Waals surface area (Å²) in [6.45, 7) is 5.33. The van der Waals surface area contributed by atoms with E-state index in [9.17, 15) is 26.7 Å². The number of carbonyl (C=O) groups excluding carboxylic acids is 1. The number of hydrogen-bond acceptors (Lipinski definition) is 2. The maximum absolute atomic E-state index is 14.0. The Labute approximate surface area is 199 Å². The first-order valence-electron chi connectivity index (χ1n) is 11.0.